The van der Waals surface area contributed by atoms with Gasteiger partial charge in [0.15, 0.2) is 17.3 Å². The maximum atomic E-state index is 12.8. The third kappa shape index (κ3) is 3.14. The molecule has 0 radical (unpaired) electrons. The average molecular weight is 330 g/mol. The van der Waals surface area contributed by atoms with Gasteiger partial charge in [0.25, 0.3) is 0 Å². The van der Waals surface area contributed by atoms with E-state index >= 15 is 0 Å². The lowest BCUT2D eigenvalue weighted by molar-refractivity contribution is -0.119. The van der Waals surface area contributed by atoms with E-state index in [1.165, 1.54) is 25.7 Å². The van der Waals surface area contributed by atoms with Crippen molar-refractivity contribution in [3.8, 4) is 17.2 Å². The largest absolute Gasteiger partial charge is 0.493 e. The molecular formula is C20H26O4. The molecule has 1 aromatic rings. The van der Waals surface area contributed by atoms with E-state index in [1.807, 2.05) is 18.2 Å². The summed E-state index contributed by atoms with van der Waals surface area (Å²) in [5, 5.41) is 0. The Bertz CT molecular complexity index is 616. The molecule has 2 aliphatic rings. The Hall–Kier alpha value is -1.97. The van der Waals surface area contributed by atoms with Crippen molar-refractivity contribution in [2.75, 3.05) is 21.3 Å². The Morgan fingerprint density at radius 2 is 1.58 bits per heavy atom. The first-order valence-electron chi connectivity index (χ1n) is 8.72. The van der Waals surface area contributed by atoms with Gasteiger partial charge in [0, 0.05) is 5.92 Å². The van der Waals surface area contributed by atoms with Crippen molar-refractivity contribution < 1.29 is 19.0 Å². The second-order valence-electron chi connectivity index (χ2n) is 6.68. The molecule has 2 fully saturated rings. The van der Waals surface area contributed by atoms with Crippen LogP contribution >= 0.6 is 0 Å². The van der Waals surface area contributed by atoms with Crippen LogP contribution in [0, 0.1) is 11.8 Å². The Morgan fingerprint density at radius 3 is 2.12 bits per heavy atom. The van der Waals surface area contributed by atoms with Crippen LogP contribution in [-0.4, -0.2) is 27.1 Å². The molecule has 0 spiro atoms. The fourth-order valence-corrected chi connectivity index (χ4v) is 4.14. The van der Waals surface area contributed by atoms with Gasteiger partial charge >= 0.3 is 0 Å². The third-order valence-corrected chi connectivity index (χ3v) is 5.37. The Balaban J connectivity index is 1.87. The molecule has 0 amide bonds. The number of carbonyl (C=O) groups is 1. The van der Waals surface area contributed by atoms with Crippen LogP contribution < -0.4 is 14.2 Å². The minimum absolute atomic E-state index is 0.237. The van der Waals surface area contributed by atoms with Crippen molar-refractivity contribution in [2.24, 2.45) is 11.8 Å². The summed E-state index contributed by atoms with van der Waals surface area (Å²) in [4.78, 5) is 12.8. The highest BCUT2D eigenvalue weighted by Gasteiger charge is 2.36. The van der Waals surface area contributed by atoms with Crippen molar-refractivity contribution in [1.29, 1.82) is 0 Å². The molecule has 1 aromatic carbocycles. The van der Waals surface area contributed by atoms with Gasteiger partial charge in [-0.15, -0.1) is 0 Å². The minimum Gasteiger partial charge on any atom is -0.493 e. The second kappa shape index (κ2) is 7.29. The standard InChI is InChI=1S/C20H26O4/c1-22-17-11-13(12-18(23-2)20(17)24-3)10-15-8-9-16(19(15)21)14-6-4-5-7-14/h10-12,14,16H,4-9H2,1-3H3/b15-10+/t16-/m1/s1. The fraction of sp³-hybridized carbons (Fsp3) is 0.550. The highest BCUT2D eigenvalue weighted by Crippen LogP contribution is 2.42. The molecule has 0 unspecified atom stereocenters. The number of ether oxygens (including phenoxy) is 3. The summed E-state index contributed by atoms with van der Waals surface area (Å²) in [5.74, 6) is 2.98. The summed E-state index contributed by atoms with van der Waals surface area (Å²) in [5.41, 5.74) is 1.85. The molecule has 130 valence electrons. The Kier molecular flexibility index (Phi) is 5.12. The van der Waals surface area contributed by atoms with Crippen LogP contribution in [0.15, 0.2) is 17.7 Å². The van der Waals surface area contributed by atoms with Crippen molar-refractivity contribution in [3.63, 3.8) is 0 Å². The molecule has 2 saturated carbocycles. The van der Waals surface area contributed by atoms with Crippen LogP contribution in [0.2, 0.25) is 0 Å². The maximum Gasteiger partial charge on any atom is 0.203 e. The van der Waals surface area contributed by atoms with Crippen LogP contribution in [0.3, 0.4) is 0 Å². The highest BCUT2D eigenvalue weighted by atomic mass is 16.5. The van der Waals surface area contributed by atoms with Crippen molar-refractivity contribution in [1.82, 2.24) is 0 Å². The topological polar surface area (TPSA) is 44.8 Å². The van der Waals surface area contributed by atoms with E-state index < -0.39 is 0 Å². The highest BCUT2D eigenvalue weighted by molar-refractivity contribution is 6.03. The average Bonchev–Trinajstić information content (AvgIpc) is 3.24. The van der Waals surface area contributed by atoms with E-state index in [9.17, 15) is 4.79 Å². The lowest BCUT2D eigenvalue weighted by Gasteiger charge is -2.15. The number of allylic oxidation sites excluding steroid dienone is 1. The SMILES string of the molecule is COc1cc(/C=C2\CC[C@H](C3CCCC3)C2=O)cc(OC)c1OC. The van der Waals surface area contributed by atoms with E-state index in [1.54, 1.807) is 21.3 Å². The van der Waals surface area contributed by atoms with Gasteiger partial charge in [-0.05, 0) is 60.9 Å². The number of hydrogen-bond donors (Lipinski definition) is 0. The number of methoxy groups -OCH3 is 3. The third-order valence-electron chi connectivity index (χ3n) is 5.37. The summed E-state index contributed by atoms with van der Waals surface area (Å²) >= 11 is 0. The Morgan fingerprint density at radius 1 is 0.958 bits per heavy atom. The summed E-state index contributed by atoms with van der Waals surface area (Å²) in [6, 6.07) is 3.79. The molecule has 4 nitrogen and oxygen atoms in total. The van der Waals surface area contributed by atoms with Gasteiger partial charge in [0.05, 0.1) is 21.3 Å². The van der Waals surface area contributed by atoms with Gasteiger partial charge in [-0.25, -0.2) is 0 Å². The van der Waals surface area contributed by atoms with Crippen molar-refractivity contribution in [3.05, 3.63) is 23.3 Å². The zero-order valence-electron chi connectivity index (χ0n) is 14.8. The van der Waals surface area contributed by atoms with E-state index in [0.717, 1.165) is 24.0 Å². The molecule has 0 N–H and O–H groups in total. The molecule has 0 aliphatic heterocycles. The maximum absolute atomic E-state index is 12.8. The molecule has 0 bridgehead atoms. The zero-order chi connectivity index (χ0) is 17.1. The van der Waals surface area contributed by atoms with Gasteiger partial charge in [0.2, 0.25) is 5.75 Å². The zero-order valence-corrected chi connectivity index (χ0v) is 14.8. The molecule has 0 aromatic heterocycles. The van der Waals surface area contributed by atoms with Crippen LogP contribution in [0.5, 0.6) is 17.2 Å². The molecule has 24 heavy (non-hydrogen) atoms. The quantitative estimate of drug-likeness (QED) is 0.757. The first-order valence-corrected chi connectivity index (χ1v) is 8.72. The monoisotopic (exact) mass is 330 g/mol. The van der Waals surface area contributed by atoms with Gasteiger partial charge in [0.1, 0.15) is 0 Å². The van der Waals surface area contributed by atoms with Crippen molar-refractivity contribution >= 4 is 11.9 Å². The molecule has 2 aliphatic carbocycles. The lowest BCUT2D eigenvalue weighted by Crippen LogP contribution is -2.16. The second-order valence-corrected chi connectivity index (χ2v) is 6.68. The normalized spacial score (nSPS) is 23.0. The number of rotatable bonds is 5. The van der Waals surface area contributed by atoms with E-state index in [0.29, 0.717) is 28.9 Å². The number of hydrogen-bond acceptors (Lipinski definition) is 4. The van der Waals surface area contributed by atoms with Crippen LogP contribution in [-0.2, 0) is 4.79 Å². The van der Waals surface area contributed by atoms with Gasteiger partial charge in [-0.1, -0.05) is 12.8 Å². The molecule has 1 atom stereocenters. The Labute approximate surface area is 143 Å². The first-order chi connectivity index (χ1) is 11.7. The number of Topliss-reactive ketones (excluding diaryl/α,β-unsaturated/α-hetero) is 1. The summed E-state index contributed by atoms with van der Waals surface area (Å²) in [7, 11) is 4.79. The van der Waals surface area contributed by atoms with E-state index in [-0.39, 0.29) is 5.92 Å². The van der Waals surface area contributed by atoms with Crippen LogP contribution in [0.25, 0.3) is 6.08 Å². The minimum atomic E-state index is 0.237. The lowest BCUT2D eigenvalue weighted by atomic mass is 9.88. The van der Waals surface area contributed by atoms with E-state index in [4.69, 9.17) is 14.2 Å². The number of ketones is 1. The van der Waals surface area contributed by atoms with E-state index in [2.05, 4.69) is 0 Å². The van der Waals surface area contributed by atoms with Crippen molar-refractivity contribution in [2.45, 2.75) is 38.5 Å². The predicted octanol–water partition coefficient (Wildman–Crippen LogP) is 4.27. The van der Waals surface area contributed by atoms with Gasteiger partial charge in [-0.2, -0.15) is 0 Å². The predicted molar refractivity (Wildman–Crippen MR) is 93.8 cm³/mol. The smallest absolute Gasteiger partial charge is 0.203 e. The molecule has 0 saturated heterocycles. The summed E-state index contributed by atoms with van der Waals surface area (Å²) < 4.78 is 16.1. The first kappa shape index (κ1) is 16.9. The van der Waals surface area contributed by atoms with Crippen LogP contribution in [0.4, 0.5) is 0 Å². The number of carbonyl (C=O) groups excluding carboxylic acids is 1. The van der Waals surface area contributed by atoms with Crippen LogP contribution in [0.1, 0.15) is 44.1 Å². The number of benzene rings is 1. The summed E-state index contributed by atoms with van der Waals surface area (Å²) in [6.07, 6.45) is 8.85. The van der Waals surface area contributed by atoms with Gasteiger partial charge < -0.3 is 14.2 Å². The summed E-state index contributed by atoms with van der Waals surface area (Å²) in [6.45, 7) is 0. The fourth-order valence-electron chi connectivity index (χ4n) is 4.14. The molecule has 4 heteroatoms. The molecule has 3 rings (SSSR count). The molecule has 0 heterocycles. The molecular weight excluding hydrogens is 304 g/mol. The van der Waals surface area contributed by atoms with Gasteiger partial charge in [-0.3, -0.25) is 4.79 Å².